The van der Waals surface area contributed by atoms with Crippen molar-refractivity contribution in [2.45, 2.75) is 26.3 Å². The highest BCUT2D eigenvalue weighted by Crippen LogP contribution is 2.34. The summed E-state index contributed by atoms with van der Waals surface area (Å²) in [6.07, 6.45) is 1.09. The minimum Gasteiger partial charge on any atom is -0.394 e. The molecule has 0 aromatic carbocycles. The molecule has 3 N–H and O–H groups in total. The minimum absolute atomic E-state index is 0.164. The van der Waals surface area contributed by atoms with Crippen LogP contribution in [0.25, 0.3) is 0 Å². The molecule has 2 rings (SSSR count). The fraction of sp³-hybridized carbons (Fsp3) is 0.727. The van der Waals surface area contributed by atoms with E-state index >= 15 is 0 Å². The standard InChI is InChI=1S/C11H20N4O/c1-7-4-5-15(9(7)6-16)11-10(12)8(2)13-14(11)3/h7,9,16H,4-6,12H2,1-3H3. The normalized spacial score (nSPS) is 25.4. The zero-order valence-electron chi connectivity index (χ0n) is 10.1. The van der Waals surface area contributed by atoms with Crippen LogP contribution in [0.2, 0.25) is 0 Å². The van der Waals surface area contributed by atoms with E-state index in [0.717, 1.165) is 30.2 Å². The predicted octanol–water partition coefficient (Wildman–Crippen LogP) is 0.518. The lowest BCUT2D eigenvalue weighted by molar-refractivity contribution is 0.244. The summed E-state index contributed by atoms with van der Waals surface area (Å²) >= 11 is 0. The Hall–Kier alpha value is -1.23. The summed E-state index contributed by atoms with van der Waals surface area (Å²) in [6, 6.07) is 0.164. The van der Waals surface area contributed by atoms with Crippen LogP contribution in [0.5, 0.6) is 0 Å². The number of hydrogen-bond acceptors (Lipinski definition) is 4. The number of aromatic nitrogens is 2. The van der Waals surface area contributed by atoms with Gasteiger partial charge in [-0.1, -0.05) is 6.92 Å². The Balaban J connectivity index is 2.37. The summed E-state index contributed by atoms with van der Waals surface area (Å²) in [6.45, 7) is 5.19. The van der Waals surface area contributed by atoms with Crippen LogP contribution in [0.1, 0.15) is 19.0 Å². The third-order valence-corrected chi connectivity index (χ3v) is 3.58. The van der Waals surface area contributed by atoms with E-state index in [4.69, 9.17) is 5.73 Å². The van der Waals surface area contributed by atoms with Gasteiger partial charge in [-0.2, -0.15) is 5.10 Å². The molecule has 16 heavy (non-hydrogen) atoms. The molecule has 0 saturated carbocycles. The highest BCUT2D eigenvalue weighted by molar-refractivity contribution is 5.67. The Kier molecular flexibility index (Phi) is 2.80. The van der Waals surface area contributed by atoms with Gasteiger partial charge in [-0.05, 0) is 19.3 Å². The van der Waals surface area contributed by atoms with Crippen molar-refractivity contribution in [1.29, 1.82) is 0 Å². The van der Waals surface area contributed by atoms with Gasteiger partial charge in [-0.15, -0.1) is 0 Å². The molecule has 1 aromatic heterocycles. The number of nitrogens with zero attached hydrogens (tertiary/aromatic N) is 3. The highest BCUT2D eigenvalue weighted by Gasteiger charge is 2.33. The molecule has 0 aliphatic carbocycles. The molecule has 1 aliphatic heterocycles. The summed E-state index contributed by atoms with van der Waals surface area (Å²) < 4.78 is 1.81. The van der Waals surface area contributed by atoms with Crippen LogP contribution in [0.3, 0.4) is 0 Å². The first kappa shape index (κ1) is 11.3. The zero-order chi connectivity index (χ0) is 11.9. The van der Waals surface area contributed by atoms with Gasteiger partial charge in [0.2, 0.25) is 0 Å². The lowest BCUT2D eigenvalue weighted by Gasteiger charge is -2.27. The predicted molar refractivity (Wildman–Crippen MR) is 64.4 cm³/mol. The second kappa shape index (κ2) is 3.97. The highest BCUT2D eigenvalue weighted by atomic mass is 16.3. The molecule has 1 aromatic rings. The molecule has 0 spiro atoms. The molecule has 0 amide bonds. The van der Waals surface area contributed by atoms with Crippen LogP contribution in [-0.4, -0.2) is 34.1 Å². The molecule has 0 radical (unpaired) electrons. The fourth-order valence-electron chi connectivity index (χ4n) is 2.55. The first-order chi connectivity index (χ1) is 7.56. The number of nitrogen functional groups attached to an aromatic ring is 1. The van der Waals surface area contributed by atoms with Gasteiger partial charge < -0.3 is 15.7 Å². The summed E-state index contributed by atoms with van der Waals surface area (Å²) in [7, 11) is 1.90. The monoisotopic (exact) mass is 224 g/mol. The van der Waals surface area contributed by atoms with Crippen LogP contribution in [0.15, 0.2) is 0 Å². The summed E-state index contributed by atoms with van der Waals surface area (Å²) in [5.41, 5.74) is 7.63. The van der Waals surface area contributed by atoms with Crippen molar-refractivity contribution in [2.24, 2.45) is 13.0 Å². The Bertz CT molecular complexity index is 388. The molecule has 1 saturated heterocycles. The van der Waals surface area contributed by atoms with Crippen molar-refractivity contribution in [3.63, 3.8) is 0 Å². The molecular weight excluding hydrogens is 204 g/mol. The third-order valence-electron chi connectivity index (χ3n) is 3.58. The van der Waals surface area contributed by atoms with Crippen LogP contribution in [0, 0.1) is 12.8 Å². The van der Waals surface area contributed by atoms with Crippen LogP contribution < -0.4 is 10.6 Å². The van der Waals surface area contributed by atoms with Crippen molar-refractivity contribution >= 4 is 11.5 Å². The average molecular weight is 224 g/mol. The fourth-order valence-corrected chi connectivity index (χ4v) is 2.55. The summed E-state index contributed by atoms with van der Waals surface area (Å²) in [5.74, 6) is 1.44. The molecule has 1 fully saturated rings. The molecule has 5 heteroatoms. The molecule has 2 heterocycles. The maximum atomic E-state index is 9.44. The van der Waals surface area contributed by atoms with Crippen molar-refractivity contribution < 1.29 is 5.11 Å². The maximum Gasteiger partial charge on any atom is 0.150 e. The Morgan fingerprint density at radius 2 is 2.25 bits per heavy atom. The SMILES string of the molecule is Cc1nn(C)c(N2CCC(C)C2CO)c1N. The van der Waals surface area contributed by atoms with Gasteiger partial charge in [-0.25, -0.2) is 0 Å². The number of rotatable bonds is 2. The number of aryl methyl sites for hydroxylation is 2. The van der Waals surface area contributed by atoms with E-state index in [1.54, 1.807) is 0 Å². The molecule has 2 unspecified atom stereocenters. The summed E-state index contributed by atoms with van der Waals surface area (Å²) in [4.78, 5) is 2.18. The van der Waals surface area contributed by atoms with Gasteiger partial charge in [0.15, 0.2) is 5.82 Å². The Morgan fingerprint density at radius 1 is 1.56 bits per heavy atom. The molecule has 2 atom stereocenters. The lowest BCUT2D eigenvalue weighted by Crippen LogP contribution is -2.36. The van der Waals surface area contributed by atoms with Crippen molar-refractivity contribution in [3.05, 3.63) is 5.69 Å². The van der Waals surface area contributed by atoms with Gasteiger partial charge in [0.1, 0.15) is 0 Å². The van der Waals surface area contributed by atoms with E-state index in [2.05, 4.69) is 16.9 Å². The van der Waals surface area contributed by atoms with Gasteiger partial charge >= 0.3 is 0 Å². The Labute approximate surface area is 95.8 Å². The number of hydrogen-bond donors (Lipinski definition) is 2. The second-order valence-electron chi connectivity index (χ2n) is 4.66. The van der Waals surface area contributed by atoms with Gasteiger partial charge in [0.05, 0.1) is 24.0 Å². The first-order valence-electron chi connectivity index (χ1n) is 5.72. The molecule has 0 bridgehead atoms. The van der Waals surface area contributed by atoms with Gasteiger partial charge in [-0.3, -0.25) is 4.68 Å². The molecule has 90 valence electrons. The first-order valence-corrected chi connectivity index (χ1v) is 5.72. The average Bonchev–Trinajstić information content (AvgIpc) is 2.70. The van der Waals surface area contributed by atoms with Crippen LogP contribution >= 0.6 is 0 Å². The second-order valence-corrected chi connectivity index (χ2v) is 4.66. The largest absolute Gasteiger partial charge is 0.394 e. The third kappa shape index (κ3) is 1.55. The van der Waals surface area contributed by atoms with Crippen LogP contribution in [0.4, 0.5) is 11.5 Å². The number of aliphatic hydroxyl groups is 1. The van der Waals surface area contributed by atoms with Crippen LogP contribution in [-0.2, 0) is 7.05 Å². The number of aliphatic hydroxyl groups excluding tert-OH is 1. The topological polar surface area (TPSA) is 67.3 Å². The van der Waals surface area contributed by atoms with E-state index in [1.165, 1.54) is 0 Å². The number of anilines is 2. The van der Waals surface area contributed by atoms with E-state index in [0.29, 0.717) is 5.92 Å². The van der Waals surface area contributed by atoms with E-state index in [9.17, 15) is 5.11 Å². The summed E-state index contributed by atoms with van der Waals surface area (Å²) in [5, 5.41) is 13.8. The van der Waals surface area contributed by atoms with E-state index in [-0.39, 0.29) is 12.6 Å². The van der Waals surface area contributed by atoms with Crippen molar-refractivity contribution in [1.82, 2.24) is 9.78 Å². The maximum absolute atomic E-state index is 9.44. The Morgan fingerprint density at radius 3 is 2.75 bits per heavy atom. The molecular formula is C11H20N4O. The number of nitrogens with two attached hydrogens (primary N) is 1. The van der Waals surface area contributed by atoms with Gasteiger partial charge in [0, 0.05) is 13.6 Å². The van der Waals surface area contributed by atoms with E-state index < -0.39 is 0 Å². The van der Waals surface area contributed by atoms with E-state index in [1.807, 2.05) is 18.7 Å². The zero-order valence-corrected chi connectivity index (χ0v) is 10.1. The quantitative estimate of drug-likeness (QED) is 0.768. The van der Waals surface area contributed by atoms with Crippen molar-refractivity contribution in [3.8, 4) is 0 Å². The molecule has 1 aliphatic rings. The molecule has 5 nitrogen and oxygen atoms in total. The van der Waals surface area contributed by atoms with Gasteiger partial charge in [0.25, 0.3) is 0 Å². The van der Waals surface area contributed by atoms with Crippen molar-refractivity contribution in [2.75, 3.05) is 23.8 Å². The minimum atomic E-state index is 0.164. The smallest absolute Gasteiger partial charge is 0.150 e. The lowest BCUT2D eigenvalue weighted by atomic mass is 10.0.